The molecule has 1 N–H and O–H groups in total. The highest BCUT2D eigenvalue weighted by Gasteiger charge is 2.02. The standard InChI is InChI=1S/C13H21NO/c1-3-14(10-4-5-11-15)13-8-6-12(2)7-9-13/h6-9,15H,3-5,10-11H2,1-2H3. The second-order valence-corrected chi connectivity index (χ2v) is 3.85. The molecule has 0 heterocycles. The van der Waals surface area contributed by atoms with Gasteiger partial charge in [0.05, 0.1) is 0 Å². The first kappa shape index (κ1) is 12.1. The fourth-order valence-electron chi connectivity index (χ4n) is 1.64. The molecule has 0 aliphatic carbocycles. The lowest BCUT2D eigenvalue weighted by atomic mass is 10.2. The summed E-state index contributed by atoms with van der Waals surface area (Å²) in [5.41, 5.74) is 2.58. The summed E-state index contributed by atoms with van der Waals surface area (Å²) in [5.74, 6) is 0. The SMILES string of the molecule is CCN(CCCCO)c1ccc(C)cc1. The molecule has 2 nitrogen and oxygen atoms in total. The average Bonchev–Trinajstić information content (AvgIpc) is 2.26. The summed E-state index contributed by atoms with van der Waals surface area (Å²) >= 11 is 0. The van der Waals surface area contributed by atoms with E-state index in [0.29, 0.717) is 6.61 Å². The minimum absolute atomic E-state index is 0.297. The van der Waals surface area contributed by atoms with Crippen molar-refractivity contribution in [2.45, 2.75) is 26.7 Å². The van der Waals surface area contributed by atoms with Crippen LogP contribution in [0.25, 0.3) is 0 Å². The van der Waals surface area contributed by atoms with Crippen molar-refractivity contribution in [1.82, 2.24) is 0 Å². The largest absolute Gasteiger partial charge is 0.396 e. The number of aryl methyl sites for hydroxylation is 1. The molecular weight excluding hydrogens is 186 g/mol. The molecule has 0 bridgehead atoms. The minimum Gasteiger partial charge on any atom is -0.396 e. The molecule has 0 unspecified atom stereocenters. The Morgan fingerprint density at radius 3 is 2.33 bits per heavy atom. The van der Waals surface area contributed by atoms with Gasteiger partial charge in [-0.3, -0.25) is 0 Å². The Bertz CT molecular complexity index is 268. The molecule has 1 aromatic carbocycles. The average molecular weight is 207 g/mol. The summed E-state index contributed by atoms with van der Waals surface area (Å²) < 4.78 is 0. The second kappa shape index (κ2) is 6.46. The van der Waals surface area contributed by atoms with Gasteiger partial charge >= 0.3 is 0 Å². The molecule has 0 fully saturated rings. The zero-order valence-electron chi connectivity index (χ0n) is 9.74. The number of aliphatic hydroxyl groups excluding tert-OH is 1. The lowest BCUT2D eigenvalue weighted by molar-refractivity contribution is 0.285. The number of aliphatic hydroxyl groups is 1. The Morgan fingerprint density at radius 2 is 1.80 bits per heavy atom. The maximum Gasteiger partial charge on any atom is 0.0431 e. The monoisotopic (exact) mass is 207 g/mol. The van der Waals surface area contributed by atoms with Crippen LogP contribution in [0.5, 0.6) is 0 Å². The summed E-state index contributed by atoms with van der Waals surface area (Å²) in [6, 6.07) is 8.61. The molecule has 0 spiro atoms. The van der Waals surface area contributed by atoms with Gasteiger partial charge in [0, 0.05) is 25.4 Å². The van der Waals surface area contributed by atoms with Gasteiger partial charge in [-0.1, -0.05) is 17.7 Å². The van der Waals surface area contributed by atoms with Crippen molar-refractivity contribution in [3.63, 3.8) is 0 Å². The normalized spacial score (nSPS) is 10.3. The first-order valence-corrected chi connectivity index (χ1v) is 5.70. The van der Waals surface area contributed by atoms with E-state index in [-0.39, 0.29) is 0 Å². The number of nitrogens with zero attached hydrogens (tertiary/aromatic N) is 1. The summed E-state index contributed by atoms with van der Waals surface area (Å²) in [4.78, 5) is 2.34. The van der Waals surface area contributed by atoms with Gasteiger partial charge < -0.3 is 10.0 Å². The quantitative estimate of drug-likeness (QED) is 0.725. The number of benzene rings is 1. The topological polar surface area (TPSA) is 23.5 Å². The third-order valence-corrected chi connectivity index (χ3v) is 2.62. The molecular formula is C13H21NO. The first-order valence-electron chi connectivity index (χ1n) is 5.70. The van der Waals surface area contributed by atoms with Crippen molar-refractivity contribution in [3.8, 4) is 0 Å². The summed E-state index contributed by atoms with van der Waals surface area (Å²) in [6.45, 7) is 6.62. The number of hydrogen-bond donors (Lipinski definition) is 1. The molecule has 0 radical (unpaired) electrons. The Morgan fingerprint density at radius 1 is 1.13 bits per heavy atom. The van der Waals surface area contributed by atoms with E-state index in [9.17, 15) is 0 Å². The van der Waals surface area contributed by atoms with Crippen LogP contribution in [0.4, 0.5) is 5.69 Å². The van der Waals surface area contributed by atoms with Gasteiger partial charge in [0.15, 0.2) is 0 Å². The van der Waals surface area contributed by atoms with Crippen molar-refractivity contribution in [1.29, 1.82) is 0 Å². The van der Waals surface area contributed by atoms with Gasteiger partial charge in [-0.15, -0.1) is 0 Å². The van der Waals surface area contributed by atoms with E-state index in [1.165, 1.54) is 11.3 Å². The molecule has 0 saturated carbocycles. The minimum atomic E-state index is 0.297. The van der Waals surface area contributed by atoms with E-state index in [2.05, 4.69) is 43.0 Å². The van der Waals surface area contributed by atoms with Crippen LogP contribution in [0, 0.1) is 6.92 Å². The molecule has 0 saturated heterocycles. The molecule has 0 aromatic heterocycles. The van der Waals surface area contributed by atoms with E-state index < -0.39 is 0 Å². The smallest absolute Gasteiger partial charge is 0.0431 e. The van der Waals surface area contributed by atoms with Crippen molar-refractivity contribution in [3.05, 3.63) is 29.8 Å². The van der Waals surface area contributed by atoms with E-state index in [0.717, 1.165) is 25.9 Å². The van der Waals surface area contributed by atoms with Crippen molar-refractivity contribution in [2.24, 2.45) is 0 Å². The highest BCUT2D eigenvalue weighted by atomic mass is 16.2. The zero-order valence-corrected chi connectivity index (χ0v) is 9.74. The lowest BCUT2D eigenvalue weighted by Gasteiger charge is -2.23. The van der Waals surface area contributed by atoms with Crippen molar-refractivity contribution in [2.75, 3.05) is 24.6 Å². The third kappa shape index (κ3) is 3.92. The number of rotatable bonds is 6. The van der Waals surface area contributed by atoms with Gasteiger partial charge in [-0.05, 0) is 38.8 Å². The predicted octanol–water partition coefficient (Wildman–Crippen LogP) is 2.59. The fourth-order valence-corrected chi connectivity index (χ4v) is 1.64. The molecule has 0 aliphatic rings. The molecule has 15 heavy (non-hydrogen) atoms. The molecule has 1 rings (SSSR count). The molecule has 0 atom stereocenters. The zero-order chi connectivity index (χ0) is 11.1. The van der Waals surface area contributed by atoms with Crippen LogP contribution in [-0.2, 0) is 0 Å². The van der Waals surface area contributed by atoms with E-state index in [1.807, 2.05) is 0 Å². The summed E-state index contributed by atoms with van der Waals surface area (Å²) in [7, 11) is 0. The van der Waals surface area contributed by atoms with Crippen molar-refractivity contribution >= 4 is 5.69 Å². The van der Waals surface area contributed by atoms with E-state index in [4.69, 9.17) is 5.11 Å². The number of hydrogen-bond acceptors (Lipinski definition) is 2. The van der Waals surface area contributed by atoms with Crippen LogP contribution >= 0.6 is 0 Å². The Balaban J connectivity index is 2.53. The predicted molar refractivity (Wildman–Crippen MR) is 65.4 cm³/mol. The van der Waals surface area contributed by atoms with E-state index in [1.54, 1.807) is 0 Å². The van der Waals surface area contributed by atoms with Gasteiger partial charge in [0.1, 0.15) is 0 Å². The van der Waals surface area contributed by atoms with Crippen LogP contribution in [0.1, 0.15) is 25.3 Å². The Labute approximate surface area is 92.5 Å². The highest BCUT2D eigenvalue weighted by Crippen LogP contribution is 2.15. The molecule has 0 aliphatic heterocycles. The highest BCUT2D eigenvalue weighted by molar-refractivity contribution is 5.47. The molecule has 2 heteroatoms. The van der Waals surface area contributed by atoms with Crippen LogP contribution in [-0.4, -0.2) is 24.8 Å². The maximum absolute atomic E-state index is 8.74. The Kier molecular flexibility index (Phi) is 5.19. The fraction of sp³-hybridized carbons (Fsp3) is 0.538. The first-order chi connectivity index (χ1) is 7.27. The Hall–Kier alpha value is -1.02. The van der Waals surface area contributed by atoms with Crippen LogP contribution in [0.15, 0.2) is 24.3 Å². The molecule has 1 aromatic rings. The second-order valence-electron chi connectivity index (χ2n) is 3.85. The van der Waals surface area contributed by atoms with Gasteiger partial charge in [0.2, 0.25) is 0 Å². The summed E-state index contributed by atoms with van der Waals surface area (Å²) in [5, 5.41) is 8.74. The molecule has 84 valence electrons. The van der Waals surface area contributed by atoms with Crippen LogP contribution < -0.4 is 4.90 Å². The van der Waals surface area contributed by atoms with Crippen LogP contribution in [0.2, 0.25) is 0 Å². The van der Waals surface area contributed by atoms with Crippen molar-refractivity contribution < 1.29 is 5.11 Å². The third-order valence-electron chi connectivity index (χ3n) is 2.62. The van der Waals surface area contributed by atoms with Crippen LogP contribution in [0.3, 0.4) is 0 Å². The summed E-state index contributed by atoms with van der Waals surface area (Å²) in [6.07, 6.45) is 1.95. The number of unbranched alkanes of at least 4 members (excludes halogenated alkanes) is 1. The van der Waals surface area contributed by atoms with Gasteiger partial charge in [-0.2, -0.15) is 0 Å². The maximum atomic E-state index is 8.74. The molecule has 0 amide bonds. The lowest BCUT2D eigenvalue weighted by Crippen LogP contribution is -2.23. The van der Waals surface area contributed by atoms with E-state index >= 15 is 0 Å². The number of anilines is 1. The van der Waals surface area contributed by atoms with Gasteiger partial charge in [-0.25, -0.2) is 0 Å². The van der Waals surface area contributed by atoms with Gasteiger partial charge in [0.25, 0.3) is 0 Å².